The van der Waals surface area contributed by atoms with Gasteiger partial charge in [0, 0.05) is 12.4 Å². The lowest BCUT2D eigenvalue weighted by atomic mass is 10.0. The Kier molecular flexibility index (Phi) is 3.31. The second kappa shape index (κ2) is 5.07. The summed E-state index contributed by atoms with van der Waals surface area (Å²) in [6, 6.07) is 12.6. The fourth-order valence-corrected chi connectivity index (χ4v) is 1.51. The molecule has 0 fully saturated rings. The third-order valence-electron chi connectivity index (χ3n) is 2.33. The summed E-state index contributed by atoms with van der Waals surface area (Å²) < 4.78 is 0. The molecule has 0 amide bonds. The van der Waals surface area contributed by atoms with Crippen molar-refractivity contribution in [3.05, 3.63) is 66.0 Å². The second-order valence-electron chi connectivity index (χ2n) is 3.51. The minimum atomic E-state index is -0.937. The Labute approximate surface area is 99.1 Å². The van der Waals surface area contributed by atoms with Gasteiger partial charge in [0.05, 0.1) is 5.57 Å². The van der Waals surface area contributed by atoms with Crippen LogP contribution in [0.1, 0.15) is 11.1 Å². The summed E-state index contributed by atoms with van der Waals surface area (Å²) >= 11 is 0. The predicted octanol–water partition coefficient (Wildman–Crippen LogP) is 2.71. The molecular formula is C14H11NO2. The third-order valence-corrected chi connectivity index (χ3v) is 2.33. The number of carboxylic acids is 1. The number of benzene rings is 1. The number of nitrogens with zero attached hydrogens (tertiary/aromatic N) is 1. The highest BCUT2D eigenvalue weighted by atomic mass is 16.4. The Hall–Kier alpha value is -2.42. The summed E-state index contributed by atoms with van der Waals surface area (Å²) in [5.74, 6) is -0.937. The lowest BCUT2D eigenvalue weighted by Crippen LogP contribution is -1.99. The Morgan fingerprint density at radius 3 is 2.29 bits per heavy atom. The molecule has 1 N–H and O–H groups in total. The van der Waals surface area contributed by atoms with E-state index in [-0.39, 0.29) is 5.57 Å². The Bertz CT molecular complexity index is 533. The molecule has 1 aromatic heterocycles. The van der Waals surface area contributed by atoms with E-state index in [9.17, 15) is 9.90 Å². The summed E-state index contributed by atoms with van der Waals surface area (Å²) in [5.41, 5.74) is 1.79. The van der Waals surface area contributed by atoms with Crippen LogP contribution in [0, 0.1) is 0 Å². The molecule has 84 valence electrons. The minimum Gasteiger partial charge on any atom is -0.478 e. The van der Waals surface area contributed by atoms with E-state index in [2.05, 4.69) is 4.98 Å². The van der Waals surface area contributed by atoms with E-state index in [0.717, 1.165) is 5.56 Å². The highest BCUT2D eigenvalue weighted by molar-refractivity contribution is 6.20. The average molecular weight is 225 g/mol. The Morgan fingerprint density at radius 2 is 1.71 bits per heavy atom. The van der Waals surface area contributed by atoms with Crippen molar-refractivity contribution in [3.63, 3.8) is 0 Å². The van der Waals surface area contributed by atoms with Gasteiger partial charge in [0.2, 0.25) is 0 Å². The van der Waals surface area contributed by atoms with Crippen LogP contribution in [0.4, 0.5) is 0 Å². The largest absolute Gasteiger partial charge is 0.478 e. The Morgan fingerprint density at radius 1 is 1.06 bits per heavy atom. The second-order valence-corrected chi connectivity index (χ2v) is 3.51. The molecule has 0 bridgehead atoms. The van der Waals surface area contributed by atoms with E-state index in [1.54, 1.807) is 42.7 Å². The normalized spacial score (nSPS) is 11.2. The molecule has 0 aliphatic carbocycles. The van der Waals surface area contributed by atoms with Gasteiger partial charge in [-0.2, -0.15) is 0 Å². The van der Waals surface area contributed by atoms with E-state index < -0.39 is 5.97 Å². The molecule has 17 heavy (non-hydrogen) atoms. The molecule has 0 aliphatic heterocycles. The Balaban J connectivity index is 2.44. The molecule has 0 saturated carbocycles. The van der Waals surface area contributed by atoms with Gasteiger partial charge in [-0.1, -0.05) is 30.3 Å². The molecule has 2 rings (SSSR count). The molecule has 3 nitrogen and oxygen atoms in total. The van der Waals surface area contributed by atoms with Crippen molar-refractivity contribution in [1.29, 1.82) is 0 Å². The maximum absolute atomic E-state index is 11.2. The zero-order chi connectivity index (χ0) is 12.1. The summed E-state index contributed by atoms with van der Waals surface area (Å²) in [6.07, 6.45) is 4.91. The summed E-state index contributed by atoms with van der Waals surface area (Å²) in [4.78, 5) is 15.1. The number of rotatable bonds is 3. The topological polar surface area (TPSA) is 50.2 Å². The quantitative estimate of drug-likeness (QED) is 0.817. The first-order valence-electron chi connectivity index (χ1n) is 5.18. The fourth-order valence-electron chi connectivity index (χ4n) is 1.51. The van der Waals surface area contributed by atoms with Crippen molar-refractivity contribution in [2.75, 3.05) is 0 Å². The highest BCUT2D eigenvalue weighted by Gasteiger charge is 2.09. The van der Waals surface area contributed by atoms with E-state index in [0.29, 0.717) is 5.56 Å². The van der Waals surface area contributed by atoms with Gasteiger partial charge < -0.3 is 5.11 Å². The molecule has 0 unspecified atom stereocenters. The van der Waals surface area contributed by atoms with Crippen molar-refractivity contribution < 1.29 is 9.90 Å². The zero-order valence-corrected chi connectivity index (χ0v) is 9.08. The minimum absolute atomic E-state index is 0.275. The fraction of sp³-hybridized carbons (Fsp3) is 0. The summed E-state index contributed by atoms with van der Waals surface area (Å²) in [7, 11) is 0. The van der Waals surface area contributed by atoms with Gasteiger partial charge in [0.1, 0.15) is 0 Å². The zero-order valence-electron chi connectivity index (χ0n) is 9.08. The van der Waals surface area contributed by atoms with E-state index in [1.165, 1.54) is 0 Å². The first-order valence-corrected chi connectivity index (χ1v) is 5.18. The van der Waals surface area contributed by atoms with Crippen LogP contribution in [0.25, 0.3) is 11.6 Å². The van der Waals surface area contributed by atoms with Crippen LogP contribution < -0.4 is 0 Å². The number of aliphatic carboxylic acids is 1. The molecule has 1 aromatic carbocycles. The lowest BCUT2D eigenvalue weighted by molar-refractivity contribution is -0.130. The molecule has 0 saturated heterocycles. The van der Waals surface area contributed by atoms with Gasteiger partial charge in [-0.25, -0.2) is 4.79 Å². The third kappa shape index (κ3) is 2.78. The van der Waals surface area contributed by atoms with Crippen LogP contribution >= 0.6 is 0 Å². The molecule has 0 aliphatic rings. The van der Waals surface area contributed by atoms with Crippen LogP contribution in [0.3, 0.4) is 0 Å². The molecule has 2 aromatic rings. The van der Waals surface area contributed by atoms with Crippen LogP contribution in [-0.4, -0.2) is 16.1 Å². The monoisotopic (exact) mass is 225 g/mol. The lowest BCUT2D eigenvalue weighted by Gasteiger charge is -2.02. The van der Waals surface area contributed by atoms with Crippen molar-refractivity contribution in [2.24, 2.45) is 0 Å². The van der Waals surface area contributed by atoms with Crippen LogP contribution in [0.2, 0.25) is 0 Å². The van der Waals surface area contributed by atoms with Gasteiger partial charge in [0.15, 0.2) is 0 Å². The van der Waals surface area contributed by atoms with Crippen LogP contribution in [-0.2, 0) is 4.79 Å². The van der Waals surface area contributed by atoms with E-state index in [1.807, 2.05) is 18.2 Å². The maximum atomic E-state index is 11.2. The highest BCUT2D eigenvalue weighted by Crippen LogP contribution is 2.17. The van der Waals surface area contributed by atoms with Gasteiger partial charge >= 0.3 is 5.97 Å². The summed E-state index contributed by atoms with van der Waals surface area (Å²) in [5, 5.41) is 9.20. The number of aromatic nitrogens is 1. The molecular weight excluding hydrogens is 214 g/mol. The van der Waals surface area contributed by atoms with Gasteiger partial charge in [-0.3, -0.25) is 4.98 Å². The van der Waals surface area contributed by atoms with E-state index in [4.69, 9.17) is 0 Å². The molecule has 0 spiro atoms. The number of carbonyl (C=O) groups is 1. The number of hydrogen-bond acceptors (Lipinski definition) is 2. The average Bonchev–Trinajstić information content (AvgIpc) is 2.38. The van der Waals surface area contributed by atoms with Gasteiger partial charge in [-0.05, 0) is 29.3 Å². The standard InChI is InChI=1S/C14H11NO2/c16-14(17)13(12-4-2-1-3-5-12)10-11-6-8-15-9-7-11/h1-10H,(H,16,17)/b13-10-. The first-order chi connectivity index (χ1) is 8.27. The van der Waals surface area contributed by atoms with Crippen molar-refractivity contribution in [3.8, 4) is 0 Å². The first kappa shape index (κ1) is 11.1. The van der Waals surface area contributed by atoms with Crippen molar-refractivity contribution >= 4 is 17.6 Å². The van der Waals surface area contributed by atoms with Crippen LogP contribution in [0.15, 0.2) is 54.9 Å². The predicted molar refractivity (Wildman–Crippen MR) is 66.2 cm³/mol. The number of carboxylic acid groups (broad SMARTS) is 1. The summed E-state index contributed by atoms with van der Waals surface area (Å²) in [6.45, 7) is 0. The van der Waals surface area contributed by atoms with E-state index >= 15 is 0 Å². The number of pyridine rings is 1. The number of hydrogen-bond donors (Lipinski definition) is 1. The molecule has 1 heterocycles. The van der Waals surface area contributed by atoms with Gasteiger partial charge in [-0.15, -0.1) is 0 Å². The smallest absolute Gasteiger partial charge is 0.336 e. The van der Waals surface area contributed by atoms with Gasteiger partial charge in [0.25, 0.3) is 0 Å². The molecule has 0 radical (unpaired) electrons. The SMILES string of the molecule is O=C(O)/C(=C\c1ccncc1)c1ccccc1. The van der Waals surface area contributed by atoms with Crippen molar-refractivity contribution in [2.45, 2.75) is 0 Å². The van der Waals surface area contributed by atoms with Crippen LogP contribution in [0.5, 0.6) is 0 Å². The maximum Gasteiger partial charge on any atom is 0.336 e. The molecule has 0 atom stereocenters. The van der Waals surface area contributed by atoms with Crippen molar-refractivity contribution in [1.82, 2.24) is 4.98 Å². The molecule has 3 heteroatoms.